The first kappa shape index (κ1) is 13.6. The highest BCUT2D eigenvalue weighted by molar-refractivity contribution is 6.01. The number of carbonyl (C=O) groups excluding carboxylic acids is 1. The van der Waals surface area contributed by atoms with Crippen LogP contribution in [0.1, 0.15) is 27.2 Å². The van der Waals surface area contributed by atoms with Crippen molar-refractivity contribution in [2.75, 3.05) is 6.61 Å². The van der Waals surface area contributed by atoms with Gasteiger partial charge >= 0.3 is 5.97 Å². The number of rotatable bonds is 5. The van der Waals surface area contributed by atoms with Gasteiger partial charge < -0.3 is 15.5 Å². The molecule has 5 heteroatoms. The maximum absolute atomic E-state index is 11.5. The number of aliphatic hydroxyl groups excluding tert-OH is 1. The average Bonchev–Trinajstić information content (AvgIpc) is 2.15. The maximum Gasteiger partial charge on any atom is 0.331 e. The van der Waals surface area contributed by atoms with E-state index in [9.17, 15) is 9.59 Å². The van der Waals surface area contributed by atoms with Gasteiger partial charge in [-0.25, -0.2) is 4.79 Å². The molecule has 0 aromatic carbocycles. The van der Waals surface area contributed by atoms with Crippen LogP contribution in [0.15, 0.2) is 11.1 Å². The van der Waals surface area contributed by atoms with E-state index >= 15 is 0 Å². The number of hydrogen-bond donors (Lipinski definition) is 3. The molecule has 86 valence electrons. The predicted octanol–water partition coefficient (Wildman–Crippen LogP) is 0.294. The second kappa shape index (κ2) is 6.19. The number of aliphatic hydroxyl groups is 1. The molecule has 0 aliphatic carbocycles. The lowest BCUT2D eigenvalue weighted by Gasteiger charge is -2.13. The third-order valence-electron chi connectivity index (χ3n) is 2.16. The molecule has 0 fully saturated rings. The fourth-order valence-corrected chi connectivity index (χ4v) is 0.929. The van der Waals surface area contributed by atoms with Crippen LogP contribution in [0.2, 0.25) is 0 Å². The minimum Gasteiger partial charge on any atom is -0.478 e. The molecule has 15 heavy (non-hydrogen) atoms. The molecule has 0 spiro atoms. The lowest BCUT2D eigenvalue weighted by Crippen LogP contribution is -2.34. The van der Waals surface area contributed by atoms with Crippen molar-refractivity contribution in [2.24, 2.45) is 0 Å². The van der Waals surface area contributed by atoms with Crippen LogP contribution in [0, 0.1) is 0 Å². The van der Waals surface area contributed by atoms with E-state index in [1.807, 2.05) is 0 Å². The third-order valence-corrected chi connectivity index (χ3v) is 2.16. The number of hydrogen-bond acceptors (Lipinski definition) is 3. The summed E-state index contributed by atoms with van der Waals surface area (Å²) in [6.07, 6.45) is 0.450. The molecule has 1 atom stereocenters. The van der Waals surface area contributed by atoms with E-state index < -0.39 is 11.9 Å². The van der Waals surface area contributed by atoms with Gasteiger partial charge in [0, 0.05) is 23.8 Å². The van der Waals surface area contributed by atoms with Gasteiger partial charge in [-0.15, -0.1) is 0 Å². The molecular formula is C10H17NO4. The Labute approximate surface area is 88.8 Å². The van der Waals surface area contributed by atoms with E-state index in [0.717, 1.165) is 0 Å². The van der Waals surface area contributed by atoms with E-state index in [2.05, 4.69) is 5.32 Å². The van der Waals surface area contributed by atoms with E-state index in [-0.39, 0.29) is 23.8 Å². The summed E-state index contributed by atoms with van der Waals surface area (Å²) < 4.78 is 0. The Morgan fingerprint density at radius 1 is 1.27 bits per heavy atom. The molecule has 3 N–H and O–H groups in total. The summed E-state index contributed by atoms with van der Waals surface area (Å²) in [5.74, 6) is -1.51. The Kier molecular flexibility index (Phi) is 5.62. The number of carbonyl (C=O) groups is 2. The van der Waals surface area contributed by atoms with Gasteiger partial charge in [0.2, 0.25) is 5.91 Å². The van der Waals surface area contributed by atoms with Crippen LogP contribution in [0.5, 0.6) is 0 Å². The van der Waals surface area contributed by atoms with Crippen molar-refractivity contribution in [2.45, 2.75) is 33.2 Å². The van der Waals surface area contributed by atoms with Crippen molar-refractivity contribution in [1.82, 2.24) is 5.32 Å². The third kappa shape index (κ3) is 4.60. The van der Waals surface area contributed by atoms with E-state index in [1.54, 1.807) is 6.92 Å². The van der Waals surface area contributed by atoms with Crippen LogP contribution in [0.4, 0.5) is 0 Å². The molecule has 0 heterocycles. The van der Waals surface area contributed by atoms with Crippen molar-refractivity contribution in [3.63, 3.8) is 0 Å². The first-order chi connectivity index (χ1) is 6.90. The van der Waals surface area contributed by atoms with Gasteiger partial charge in [0.1, 0.15) is 0 Å². The largest absolute Gasteiger partial charge is 0.478 e. The summed E-state index contributed by atoms with van der Waals surface area (Å²) in [6.45, 7) is 4.58. The molecule has 0 aliphatic rings. The predicted molar refractivity (Wildman–Crippen MR) is 55.3 cm³/mol. The molecule has 0 rings (SSSR count). The van der Waals surface area contributed by atoms with E-state index in [0.29, 0.717) is 6.42 Å². The van der Waals surface area contributed by atoms with Crippen molar-refractivity contribution in [3.05, 3.63) is 11.1 Å². The van der Waals surface area contributed by atoms with Crippen molar-refractivity contribution in [3.8, 4) is 0 Å². The monoisotopic (exact) mass is 215 g/mol. The van der Waals surface area contributed by atoms with Gasteiger partial charge in [0.05, 0.1) is 0 Å². The van der Waals surface area contributed by atoms with Crippen LogP contribution in [-0.4, -0.2) is 34.7 Å². The molecule has 1 amide bonds. The van der Waals surface area contributed by atoms with Gasteiger partial charge in [-0.3, -0.25) is 4.79 Å². The highest BCUT2D eigenvalue weighted by atomic mass is 16.4. The second-order valence-corrected chi connectivity index (χ2v) is 3.44. The van der Waals surface area contributed by atoms with E-state index in [4.69, 9.17) is 10.2 Å². The van der Waals surface area contributed by atoms with Crippen LogP contribution >= 0.6 is 0 Å². The maximum atomic E-state index is 11.5. The van der Waals surface area contributed by atoms with Gasteiger partial charge in [0.25, 0.3) is 0 Å². The highest BCUT2D eigenvalue weighted by Crippen LogP contribution is 2.04. The molecule has 0 saturated carbocycles. The van der Waals surface area contributed by atoms with Gasteiger partial charge in [0.15, 0.2) is 0 Å². The molecule has 0 aromatic heterocycles. The quantitative estimate of drug-likeness (QED) is 0.575. The highest BCUT2D eigenvalue weighted by Gasteiger charge is 2.14. The molecule has 0 aromatic rings. The molecule has 0 saturated heterocycles. The average molecular weight is 215 g/mol. The zero-order valence-corrected chi connectivity index (χ0v) is 9.20. The normalized spacial score (nSPS) is 14.1. The first-order valence-electron chi connectivity index (χ1n) is 4.72. The van der Waals surface area contributed by atoms with Crippen molar-refractivity contribution >= 4 is 11.9 Å². The van der Waals surface area contributed by atoms with Crippen molar-refractivity contribution in [1.29, 1.82) is 0 Å². The topological polar surface area (TPSA) is 86.6 Å². The van der Waals surface area contributed by atoms with E-state index in [1.165, 1.54) is 13.8 Å². The van der Waals surface area contributed by atoms with Crippen LogP contribution in [0.3, 0.4) is 0 Å². The Hall–Kier alpha value is -1.36. The molecule has 0 aliphatic heterocycles. The molecule has 1 unspecified atom stereocenters. The second-order valence-electron chi connectivity index (χ2n) is 3.44. The molecule has 5 nitrogen and oxygen atoms in total. The van der Waals surface area contributed by atoms with Gasteiger partial charge in [-0.2, -0.15) is 0 Å². The zero-order chi connectivity index (χ0) is 12.0. The Morgan fingerprint density at radius 2 is 1.80 bits per heavy atom. The SMILES string of the molecule is CC(C(=O)O)=C(C)C(=O)NC(C)CCO. The number of nitrogens with one attached hydrogen (secondary N) is 1. The van der Waals surface area contributed by atoms with Crippen LogP contribution in [0.25, 0.3) is 0 Å². The summed E-state index contributed by atoms with van der Waals surface area (Å²) in [7, 11) is 0. The minimum absolute atomic E-state index is 0.0118. The lowest BCUT2D eigenvalue weighted by atomic mass is 10.1. The number of carboxylic acid groups (broad SMARTS) is 1. The fraction of sp³-hybridized carbons (Fsp3) is 0.600. The molecular weight excluding hydrogens is 198 g/mol. The van der Waals surface area contributed by atoms with Crippen LogP contribution in [-0.2, 0) is 9.59 Å². The summed E-state index contributed by atoms with van der Waals surface area (Å²) in [4.78, 5) is 22.0. The van der Waals surface area contributed by atoms with Gasteiger partial charge in [-0.1, -0.05) is 0 Å². The Balaban J connectivity index is 4.46. The molecule has 0 radical (unpaired) electrons. The van der Waals surface area contributed by atoms with Crippen molar-refractivity contribution < 1.29 is 19.8 Å². The summed E-state index contributed by atoms with van der Waals surface area (Å²) >= 11 is 0. The number of aliphatic carboxylic acids is 1. The smallest absolute Gasteiger partial charge is 0.331 e. The van der Waals surface area contributed by atoms with Crippen LogP contribution < -0.4 is 5.32 Å². The zero-order valence-electron chi connectivity index (χ0n) is 9.20. The fourth-order valence-electron chi connectivity index (χ4n) is 0.929. The Morgan fingerprint density at radius 3 is 2.20 bits per heavy atom. The minimum atomic E-state index is -1.10. The number of amides is 1. The summed E-state index contributed by atoms with van der Waals surface area (Å²) in [5, 5.41) is 19.9. The van der Waals surface area contributed by atoms with Gasteiger partial charge in [-0.05, 0) is 27.2 Å². The number of carboxylic acids is 1. The summed E-state index contributed by atoms with van der Waals surface area (Å²) in [6, 6.07) is -0.168. The lowest BCUT2D eigenvalue weighted by molar-refractivity contribution is -0.133. The first-order valence-corrected chi connectivity index (χ1v) is 4.72. The Bertz CT molecular complexity index is 283. The summed E-state index contributed by atoms with van der Waals surface area (Å²) in [5.41, 5.74) is 0.219. The standard InChI is InChI=1S/C10H17NO4/c1-6(4-5-12)11-9(13)7(2)8(3)10(14)15/h6,12H,4-5H2,1-3H3,(H,11,13)(H,14,15). The molecule has 0 bridgehead atoms.